The van der Waals surface area contributed by atoms with Gasteiger partial charge < -0.3 is 4.90 Å². The van der Waals surface area contributed by atoms with Gasteiger partial charge in [0.25, 0.3) is 0 Å². The monoisotopic (exact) mass is 241 g/mol. The van der Waals surface area contributed by atoms with Crippen LogP contribution in [0.4, 0.5) is 0 Å². The molecule has 1 amide bonds. The average Bonchev–Trinajstić information content (AvgIpc) is 2.99. The fraction of sp³-hybridized carbons (Fsp3) is 0.545. The van der Waals surface area contributed by atoms with Crippen molar-refractivity contribution in [2.45, 2.75) is 30.7 Å². The molecule has 0 saturated heterocycles. The van der Waals surface area contributed by atoms with E-state index in [0.29, 0.717) is 6.04 Å². The Kier molecular flexibility index (Phi) is 3.70. The summed E-state index contributed by atoms with van der Waals surface area (Å²) in [5, 5.41) is 2.12. The Bertz CT molecular complexity index is 333. The van der Waals surface area contributed by atoms with Crippen LogP contribution >= 0.6 is 23.1 Å². The summed E-state index contributed by atoms with van der Waals surface area (Å²) in [6.07, 6.45) is 3.39. The molecule has 2 rings (SSSR count). The minimum Gasteiger partial charge on any atom is -0.341 e. The van der Waals surface area contributed by atoms with Crippen LogP contribution in [0.2, 0.25) is 0 Å². The number of carbonyl (C=O) groups is 1. The maximum atomic E-state index is 10.8. The zero-order valence-electron chi connectivity index (χ0n) is 8.81. The van der Waals surface area contributed by atoms with E-state index < -0.39 is 0 Å². The summed E-state index contributed by atoms with van der Waals surface area (Å²) in [4.78, 5) is 15.4. The van der Waals surface area contributed by atoms with Gasteiger partial charge in [-0.2, -0.15) is 0 Å². The number of rotatable bonds is 6. The number of nitrogens with zero attached hydrogens (tertiary/aromatic N) is 1. The smallest absolute Gasteiger partial charge is 0.209 e. The fourth-order valence-corrected chi connectivity index (χ4v) is 3.40. The number of aryl methyl sites for hydroxylation is 1. The Hall–Kier alpha value is -0.480. The van der Waals surface area contributed by atoms with E-state index in [9.17, 15) is 4.79 Å². The van der Waals surface area contributed by atoms with E-state index >= 15 is 0 Å². The number of thiophene rings is 1. The zero-order chi connectivity index (χ0) is 10.7. The van der Waals surface area contributed by atoms with Gasteiger partial charge in [0.2, 0.25) is 6.41 Å². The van der Waals surface area contributed by atoms with E-state index in [0.717, 1.165) is 18.7 Å². The van der Waals surface area contributed by atoms with Crippen LogP contribution in [-0.4, -0.2) is 29.6 Å². The molecule has 0 radical (unpaired) electrons. The Balaban J connectivity index is 1.74. The molecule has 1 saturated carbocycles. The second-order valence-electron chi connectivity index (χ2n) is 3.76. The van der Waals surface area contributed by atoms with Crippen LogP contribution in [0, 0.1) is 6.92 Å². The van der Waals surface area contributed by atoms with Crippen molar-refractivity contribution >= 4 is 29.5 Å². The lowest BCUT2D eigenvalue weighted by molar-refractivity contribution is -0.118. The van der Waals surface area contributed by atoms with Gasteiger partial charge in [0.1, 0.15) is 0 Å². The first-order chi connectivity index (χ1) is 7.31. The molecule has 1 heterocycles. The van der Waals surface area contributed by atoms with Gasteiger partial charge in [-0.1, -0.05) is 0 Å². The minimum atomic E-state index is 0.548. The molecule has 0 unspecified atom stereocenters. The van der Waals surface area contributed by atoms with Crippen LogP contribution in [0.3, 0.4) is 0 Å². The van der Waals surface area contributed by atoms with E-state index in [1.54, 1.807) is 11.3 Å². The second kappa shape index (κ2) is 5.03. The van der Waals surface area contributed by atoms with Gasteiger partial charge in [0.05, 0.1) is 0 Å². The maximum absolute atomic E-state index is 10.8. The Morgan fingerprint density at radius 3 is 3.00 bits per heavy atom. The summed E-state index contributed by atoms with van der Waals surface area (Å²) in [7, 11) is 0. The first-order valence-electron chi connectivity index (χ1n) is 5.19. The first kappa shape index (κ1) is 11.0. The number of carbonyl (C=O) groups excluding carboxylic acids is 1. The molecule has 4 heteroatoms. The lowest BCUT2D eigenvalue weighted by Gasteiger charge is -2.15. The summed E-state index contributed by atoms with van der Waals surface area (Å²) in [5.74, 6) is 1.01. The molecule has 0 atom stereocenters. The number of amides is 1. The van der Waals surface area contributed by atoms with Crippen molar-refractivity contribution < 1.29 is 4.79 Å². The van der Waals surface area contributed by atoms with E-state index in [2.05, 4.69) is 18.4 Å². The molecular formula is C11H15NOS2. The summed E-state index contributed by atoms with van der Waals surface area (Å²) in [6, 6.07) is 2.71. The number of thioether (sulfide) groups is 1. The summed E-state index contributed by atoms with van der Waals surface area (Å²) in [6.45, 7) is 3.03. The highest BCUT2D eigenvalue weighted by molar-refractivity contribution is 7.99. The van der Waals surface area contributed by atoms with Crippen LogP contribution < -0.4 is 0 Å². The molecule has 2 nitrogen and oxygen atoms in total. The van der Waals surface area contributed by atoms with E-state index in [1.165, 1.54) is 22.6 Å². The third-order valence-corrected chi connectivity index (χ3v) is 4.68. The predicted molar refractivity (Wildman–Crippen MR) is 65.6 cm³/mol. The van der Waals surface area contributed by atoms with Crippen LogP contribution in [-0.2, 0) is 4.79 Å². The summed E-state index contributed by atoms with van der Waals surface area (Å²) < 4.78 is 0. The van der Waals surface area contributed by atoms with Gasteiger partial charge >= 0.3 is 0 Å². The Morgan fingerprint density at radius 2 is 2.47 bits per heavy atom. The van der Waals surface area contributed by atoms with E-state index in [-0.39, 0.29) is 0 Å². The first-order valence-corrected chi connectivity index (χ1v) is 7.05. The molecule has 82 valence electrons. The third kappa shape index (κ3) is 2.98. The van der Waals surface area contributed by atoms with Crippen molar-refractivity contribution in [3.8, 4) is 0 Å². The highest BCUT2D eigenvalue weighted by Gasteiger charge is 2.27. The topological polar surface area (TPSA) is 20.3 Å². The second-order valence-corrected chi connectivity index (χ2v) is 6.02. The van der Waals surface area contributed by atoms with Crippen LogP contribution in [0.5, 0.6) is 0 Å². The van der Waals surface area contributed by atoms with Crippen molar-refractivity contribution in [2.24, 2.45) is 0 Å². The molecule has 1 aromatic rings. The highest BCUT2D eigenvalue weighted by atomic mass is 32.2. The summed E-state index contributed by atoms with van der Waals surface area (Å²) in [5.41, 5.74) is 0. The van der Waals surface area contributed by atoms with Crippen molar-refractivity contribution in [2.75, 3.05) is 12.3 Å². The van der Waals surface area contributed by atoms with Gasteiger partial charge in [0, 0.05) is 28.1 Å². The van der Waals surface area contributed by atoms with Crippen LogP contribution in [0.25, 0.3) is 0 Å². The van der Waals surface area contributed by atoms with Crippen molar-refractivity contribution in [1.82, 2.24) is 4.90 Å². The van der Waals surface area contributed by atoms with Crippen molar-refractivity contribution in [1.29, 1.82) is 0 Å². The lowest BCUT2D eigenvalue weighted by atomic mass is 10.5. The van der Waals surface area contributed by atoms with Crippen LogP contribution in [0.1, 0.15) is 17.7 Å². The highest BCUT2D eigenvalue weighted by Crippen LogP contribution is 2.28. The molecule has 1 fully saturated rings. The molecule has 0 spiro atoms. The van der Waals surface area contributed by atoms with Crippen molar-refractivity contribution in [3.63, 3.8) is 0 Å². The van der Waals surface area contributed by atoms with Gasteiger partial charge in [-0.25, -0.2) is 0 Å². The average molecular weight is 241 g/mol. The minimum absolute atomic E-state index is 0.548. The lowest BCUT2D eigenvalue weighted by Crippen LogP contribution is -2.26. The molecule has 1 aliphatic rings. The zero-order valence-corrected chi connectivity index (χ0v) is 10.4. The quantitative estimate of drug-likeness (QED) is 0.564. The van der Waals surface area contributed by atoms with E-state index in [1.807, 2.05) is 16.7 Å². The van der Waals surface area contributed by atoms with Crippen molar-refractivity contribution in [3.05, 3.63) is 16.3 Å². The van der Waals surface area contributed by atoms with E-state index in [4.69, 9.17) is 0 Å². The standard InChI is InChI=1S/C11H15NOS2/c1-9-11(4-6-14-9)15-7-5-12(8-13)10-2-3-10/h4,6,8,10H,2-3,5,7H2,1H3. The van der Waals surface area contributed by atoms with Gasteiger partial charge in [-0.05, 0) is 31.2 Å². The largest absolute Gasteiger partial charge is 0.341 e. The molecule has 0 aromatic carbocycles. The molecule has 0 aliphatic heterocycles. The maximum Gasteiger partial charge on any atom is 0.209 e. The summed E-state index contributed by atoms with van der Waals surface area (Å²) >= 11 is 3.64. The van der Waals surface area contributed by atoms with Gasteiger partial charge in [-0.3, -0.25) is 4.79 Å². The third-order valence-electron chi connectivity index (χ3n) is 2.57. The van der Waals surface area contributed by atoms with Gasteiger partial charge in [0.15, 0.2) is 0 Å². The molecule has 0 N–H and O–H groups in total. The predicted octanol–water partition coefficient (Wildman–Crippen LogP) is 2.77. The van der Waals surface area contributed by atoms with Gasteiger partial charge in [-0.15, -0.1) is 23.1 Å². The molecule has 1 aliphatic carbocycles. The number of hydrogen-bond acceptors (Lipinski definition) is 3. The normalized spacial score (nSPS) is 15.3. The SMILES string of the molecule is Cc1sccc1SCCN(C=O)C1CC1. The van der Waals surface area contributed by atoms with Crippen LogP contribution in [0.15, 0.2) is 16.3 Å². The molecular weight excluding hydrogens is 226 g/mol. The fourth-order valence-electron chi connectivity index (χ4n) is 1.51. The Morgan fingerprint density at radius 1 is 1.67 bits per heavy atom. The molecule has 15 heavy (non-hydrogen) atoms. The molecule has 0 bridgehead atoms. The number of hydrogen-bond donors (Lipinski definition) is 0. The Labute approximate surface area is 98.7 Å². The molecule has 1 aromatic heterocycles.